The molecule has 0 saturated heterocycles. The smallest absolute Gasteiger partial charge is 0.252 e. The van der Waals surface area contributed by atoms with Crippen molar-refractivity contribution in [2.45, 2.75) is 46.6 Å². The van der Waals surface area contributed by atoms with Gasteiger partial charge in [-0.3, -0.25) is 4.79 Å². The molecule has 4 N–H and O–H groups in total. The zero-order valence-electron chi connectivity index (χ0n) is 14.1. The Balaban J connectivity index is 0.00000116. The number of hydrogen-bond donors (Lipinski definition) is 3. The first-order chi connectivity index (χ1) is 10.6. The van der Waals surface area contributed by atoms with Gasteiger partial charge < -0.3 is 16.4 Å². The molecule has 1 aliphatic carbocycles. The van der Waals surface area contributed by atoms with E-state index in [1.54, 1.807) is 0 Å². The van der Waals surface area contributed by atoms with Crippen LogP contribution in [-0.2, 0) is 4.79 Å². The van der Waals surface area contributed by atoms with Crippen molar-refractivity contribution >= 4 is 5.91 Å². The van der Waals surface area contributed by atoms with Crippen molar-refractivity contribution in [2.24, 2.45) is 11.7 Å². The molecule has 0 spiro atoms. The van der Waals surface area contributed by atoms with E-state index in [1.807, 2.05) is 38.2 Å². The van der Waals surface area contributed by atoms with Gasteiger partial charge in [0.1, 0.15) is 5.82 Å². The van der Waals surface area contributed by atoms with Gasteiger partial charge in [0.2, 0.25) is 0 Å². The average molecular weight is 303 g/mol. The maximum absolute atomic E-state index is 11.6. The number of allylic oxidation sites excluding steroid dienone is 2. The highest BCUT2D eigenvalue weighted by molar-refractivity contribution is 5.96. The van der Waals surface area contributed by atoms with E-state index in [4.69, 9.17) is 5.73 Å². The standard InChI is InChI=1S/C16H23N3O.C2H6/c1-3-11(2)8-9-18-16-13(15(17)20)10-12-6-4-5-7-14(12)19-16;1-2/h4-7,10-11,14,18-19H,3,8-9H2,1-2H3,(H2,17,20);1-2H3. The van der Waals surface area contributed by atoms with Crippen LogP contribution in [0.3, 0.4) is 0 Å². The van der Waals surface area contributed by atoms with E-state index in [-0.39, 0.29) is 6.04 Å². The van der Waals surface area contributed by atoms with Crippen LogP contribution < -0.4 is 16.4 Å². The fraction of sp³-hybridized carbons (Fsp3) is 0.500. The van der Waals surface area contributed by atoms with E-state index >= 15 is 0 Å². The summed E-state index contributed by atoms with van der Waals surface area (Å²) in [5, 5.41) is 6.66. The molecule has 1 aliphatic heterocycles. The molecule has 4 heteroatoms. The van der Waals surface area contributed by atoms with Crippen LogP contribution in [-0.4, -0.2) is 18.5 Å². The van der Waals surface area contributed by atoms with Crippen molar-refractivity contribution in [3.8, 4) is 0 Å². The Kier molecular flexibility index (Phi) is 7.50. The maximum Gasteiger partial charge on any atom is 0.252 e. The molecule has 1 heterocycles. The van der Waals surface area contributed by atoms with E-state index in [2.05, 4.69) is 30.6 Å². The van der Waals surface area contributed by atoms with Gasteiger partial charge in [-0.2, -0.15) is 0 Å². The fourth-order valence-electron chi connectivity index (χ4n) is 2.29. The Morgan fingerprint density at radius 3 is 2.77 bits per heavy atom. The summed E-state index contributed by atoms with van der Waals surface area (Å²) >= 11 is 0. The second kappa shape index (κ2) is 9.13. The lowest BCUT2D eigenvalue weighted by Gasteiger charge is -2.28. The van der Waals surface area contributed by atoms with Gasteiger partial charge in [-0.25, -0.2) is 0 Å². The van der Waals surface area contributed by atoms with E-state index in [1.165, 1.54) is 0 Å². The van der Waals surface area contributed by atoms with Gasteiger partial charge in [-0.15, -0.1) is 0 Å². The van der Waals surface area contributed by atoms with E-state index in [0.717, 1.165) is 30.8 Å². The number of nitrogens with one attached hydrogen (secondary N) is 2. The Bertz CT molecular complexity index is 500. The summed E-state index contributed by atoms with van der Waals surface area (Å²) in [7, 11) is 0. The average Bonchev–Trinajstić information content (AvgIpc) is 2.55. The molecule has 0 fully saturated rings. The van der Waals surface area contributed by atoms with Crippen LogP contribution in [0.15, 0.2) is 47.3 Å². The van der Waals surface area contributed by atoms with Crippen LogP contribution in [0.4, 0.5) is 0 Å². The van der Waals surface area contributed by atoms with Crippen molar-refractivity contribution in [2.75, 3.05) is 6.54 Å². The highest BCUT2D eigenvalue weighted by atomic mass is 16.1. The molecule has 2 unspecified atom stereocenters. The van der Waals surface area contributed by atoms with Crippen molar-refractivity contribution in [1.29, 1.82) is 0 Å². The number of carbonyl (C=O) groups excluding carboxylic acids is 1. The van der Waals surface area contributed by atoms with Gasteiger partial charge in [-0.1, -0.05) is 58.4 Å². The molecule has 122 valence electrons. The quantitative estimate of drug-likeness (QED) is 0.707. The minimum absolute atomic E-state index is 0.120. The summed E-state index contributed by atoms with van der Waals surface area (Å²) in [6.07, 6.45) is 12.1. The van der Waals surface area contributed by atoms with E-state index in [0.29, 0.717) is 11.5 Å². The number of carbonyl (C=O) groups is 1. The minimum atomic E-state index is -0.405. The first kappa shape index (κ1) is 18.1. The predicted octanol–water partition coefficient (Wildman–Crippen LogP) is 2.76. The lowest BCUT2D eigenvalue weighted by Crippen LogP contribution is -2.41. The van der Waals surface area contributed by atoms with Gasteiger partial charge in [0.15, 0.2) is 0 Å². The number of hydrogen-bond acceptors (Lipinski definition) is 3. The molecule has 0 aromatic heterocycles. The van der Waals surface area contributed by atoms with Gasteiger partial charge in [0.05, 0.1) is 11.6 Å². The number of amides is 1. The number of dihydropyridines is 1. The molecule has 0 aromatic rings. The molecule has 2 rings (SSSR count). The van der Waals surface area contributed by atoms with Gasteiger partial charge in [0.25, 0.3) is 5.91 Å². The molecular formula is C18H29N3O. The van der Waals surface area contributed by atoms with Crippen LogP contribution in [0.5, 0.6) is 0 Å². The molecular weight excluding hydrogens is 274 g/mol. The summed E-state index contributed by atoms with van der Waals surface area (Å²) in [6, 6.07) is 0.120. The molecule has 2 aliphatic rings. The Labute approximate surface area is 134 Å². The minimum Gasteiger partial charge on any atom is -0.371 e. The highest BCUT2D eigenvalue weighted by Crippen LogP contribution is 2.21. The number of primary amides is 1. The number of fused-ring (bicyclic) bond motifs is 1. The van der Waals surface area contributed by atoms with Crippen LogP contribution >= 0.6 is 0 Å². The van der Waals surface area contributed by atoms with Crippen LogP contribution in [0.1, 0.15) is 40.5 Å². The van der Waals surface area contributed by atoms with Gasteiger partial charge in [-0.05, 0) is 24.0 Å². The lowest BCUT2D eigenvalue weighted by molar-refractivity contribution is -0.114. The third-order valence-corrected chi connectivity index (χ3v) is 3.84. The summed E-state index contributed by atoms with van der Waals surface area (Å²) in [5.41, 5.74) is 7.07. The molecule has 1 amide bonds. The normalized spacial score (nSPS) is 20.2. The largest absolute Gasteiger partial charge is 0.371 e. The SMILES string of the molecule is CC.CCC(C)CCNC1=C(C(N)=O)C=C2C=CC=CC2N1. The first-order valence-electron chi connectivity index (χ1n) is 8.22. The lowest BCUT2D eigenvalue weighted by atomic mass is 9.95. The summed E-state index contributed by atoms with van der Waals surface area (Å²) in [4.78, 5) is 11.6. The van der Waals surface area contributed by atoms with Crippen molar-refractivity contribution in [1.82, 2.24) is 10.6 Å². The van der Waals surface area contributed by atoms with Crippen molar-refractivity contribution in [3.05, 3.63) is 47.3 Å². The topological polar surface area (TPSA) is 67.1 Å². The summed E-state index contributed by atoms with van der Waals surface area (Å²) < 4.78 is 0. The predicted molar refractivity (Wildman–Crippen MR) is 92.9 cm³/mol. The monoisotopic (exact) mass is 303 g/mol. The van der Waals surface area contributed by atoms with Crippen LogP contribution in [0, 0.1) is 5.92 Å². The summed E-state index contributed by atoms with van der Waals surface area (Å²) in [6.45, 7) is 9.25. The first-order valence-corrected chi connectivity index (χ1v) is 8.22. The van der Waals surface area contributed by atoms with Crippen molar-refractivity contribution in [3.63, 3.8) is 0 Å². The second-order valence-electron chi connectivity index (χ2n) is 5.39. The molecule has 0 aromatic carbocycles. The molecule has 2 atom stereocenters. The maximum atomic E-state index is 11.6. The fourth-order valence-corrected chi connectivity index (χ4v) is 2.29. The number of nitrogens with two attached hydrogens (primary N) is 1. The molecule has 0 saturated carbocycles. The zero-order chi connectivity index (χ0) is 16.5. The molecule has 0 radical (unpaired) electrons. The Morgan fingerprint density at radius 2 is 2.14 bits per heavy atom. The van der Waals surface area contributed by atoms with Crippen LogP contribution in [0.2, 0.25) is 0 Å². The Hall–Kier alpha value is -1.97. The van der Waals surface area contributed by atoms with E-state index in [9.17, 15) is 4.79 Å². The molecule has 0 bridgehead atoms. The third-order valence-electron chi connectivity index (χ3n) is 3.84. The summed E-state index contributed by atoms with van der Waals surface area (Å²) in [5.74, 6) is 1.01. The highest BCUT2D eigenvalue weighted by Gasteiger charge is 2.22. The second-order valence-corrected chi connectivity index (χ2v) is 5.39. The molecule has 4 nitrogen and oxygen atoms in total. The van der Waals surface area contributed by atoms with Crippen LogP contribution in [0.25, 0.3) is 0 Å². The Morgan fingerprint density at radius 1 is 1.41 bits per heavy atom. The van der Waals surface area contributed by atoms with Gasteiger partial charge in [0, 0.05) is 6.54 Å². The van der Waals surface area contributed by atoms with Gasteiger partial charge >= 0.3 is 0 Å². The van der Waals surface area contributed by atoms with E-state index < -0.39 is 5.91 Å². The molecule has 22 heavy (non-hydrogen) atoms. The third kappa shape index (κ3) is 4.79. The van der Waals surface area contributed by atoms with Crippen molar-refractivity contribution < 1.29 is 4.79 Å². The number of rotatable bonds is 6. The zero-order valence-corrected chi connectivity index (χ0v) is 14.1.